The average molecular weight is 307 g/mol. The normalized spacial score (nSPS) is 10.2. The number of carbonyl (C=O) groups is 1. The first-order chi connectivity index (χ1) is 9.88. The van der Waals surface area contributed by atoms with E-state index >= 15 is 0 Å². The molecule has 1 amide bonds. The van der Waals surface area contributed by atoms with Crippen molar-refractivity contribution in [2.45, 2.75) is 0 Å². The quantitative estimate of drug-likeness (QED) is 0.758. The Bertz CT molecular complexity index is 694. The Kier molecular flexibility index (Phi) is 4.13. The minimum Gasteiger partial charge on any atom is -0.389 e. The molecule has 2 rings (SSSR count). The van der Waals surface area contributed by atoms with Crippen molar-refractivity contribution in [3.8, 4) is 0 Å². The van der Waals surface area contributed by atoms with Crippen molar-refractivity contribution in [1.29, 1.82) is 0 Å². The lowest BCUT2D eigenvalue weighted by Gasteiger charge is -2.10. The summed E-state index contributed by atoms with van der Waals surface area (Å²) in [7, 11) is 0. The number of rotatable bonds is 4. The van der Waals surface area contributed by atoms with Crippen molar-refractivity contribution in [2.24, 2.45) is 11.5 Å². The van der Waals surface area contributed by atoms with Crippen molar-refractivity contribution in [1.82, 2.24) is 0 Å². The fourth-order valence-electron chi connectivity index (χ4n) is 1.70. The van der Waals surface area contributed by atoms with E-state index in [-0.39, 0.29) is 16.2 Å². The molecule has 21 heavy (non-hydrogen) atoms. The van der Waals surface area contributed by atoms with Crippen LogP contribution in [0.5, 0.6) is 0 Å². The van der Waals surface area contributed by atoms with Gasteiger partial charge in [-0.05, 0) is 36.4 Å². The Labute approximate surface area is 124 Å². The van der Waals surface area contributed by atoms with Crippen LogP contribution in [-0.2, 0) is 0 Å². The van der Waals surface area contributed by atoms with E-state index in [0.29, 0.717) is 11.3 Å². The Balaban J connectivity index is 2.31. The molecular formula is C14H11F2N3OS. The highest BCUT2D eigenvalue weighted by atomic mass is 32.1. The zero-order valence-corrected chi connectivity index (χ0v) is 11.5. The number of benzene rings is 2. The summed E-state index contributed by atoms with van der Waals surface area (Å²) in [6, 6.07) is 7.96. The second-order valence-corrected chi connectivity index (χ2v) is 4.69. The van der Waals surface area contributed by atoms with Gasteiger partial charge >= 0.3 is 0 Å². The smallest absolute Gasteiger partial charge is 0.248 e. The van der Waals surface area contributed by atoms with Gasteiger partial charge in [-0.1, -0.05) is 12.2 Å². The lowest BCUT2D eigenvalue weighted by Crippen LogP contribution is -2.11. The van der Waals surface area contributed by atoms with Gasteiger partial charge in [0.15, 0.2) is 0 Å². The van der Waals surface area contributed by atoms with Crippen LogP contribution in [0.3, 0.4) is 0 Å². The summed E-state index contributed by atoms with van der Waals surface area (Å²) in [5, 5.41) is 2.59. The molecule has 0 atom stereocenters. The van der Waals surface area contributed by atoms with E-state index < -0.39 is 17.5 Å². The Morgan fingerprint density at radius 2 is 1.52 bits per heavy atom. The highest BCUT2D eigenvalue weighted by Crippen LogP contribution is 2.25. The number of thiocarbonyl (C=S) groups is 1. The third-order valence-corrected chi connectivity index (χ3v) is 3.00. The summed E-state index contributed by atoms with van der Waals surface area (Å²) in [4.78, 5) is 10.8. The van der Waals surface area contributed by atoms with Crippen LogP contribution in [-0.4, -0.2) is 10.9 Å². The summed E-state index contributed by atoms with van der Waals surface area (Å²) in [6.07, 6.45) is 0. The molecule has 5 N–H and O–H groups in total. The Morgan fingerprint density at radius 1 is 1.00 bits per heavy atom. The lowest BCUT2D eigenvalue weighted by atomic mass is 10.1. The Hall–Kier alpha value is -2.54. The van der Waals surface area contributed by atoms with Gasteiger partial charge in [-0.15, -0.1) is 0 Å². The van der Waals surface area contributed by atoms with Crippen molar-refractivity contribution in [3.05, 3.63) is 59.2 Å². The van der Waals surface area contributed by atoms with Crippen LogP contribution in [0.15, 0.2) is 36.4 Å². The van der Waals surface area contributed by atoms with Crippen LogP contribution in [0.25, 0.3) is 0 Å². The predicted molar refractivity (Wildman–Crippen MR) is 80.5 cm³/mol. The van der Waals surface area contributed by atoms with Gasteiger partial charge in [0, 0.05) is 16.8 Å². The molecule has 108 valence electrons. The van der Waals surface area contributed by atoms with E-state index in [1.807, 2.05) is 0 Å². The second kappa shape index (κ2) is 5.84. The lowest BCUT2D eigenvalue weighted by molar-refractivity contribution is 0.100. The third-order valence-electron chi connectivity index (χ3n) is 2.77. The standard InChI is InChI=1S/C14H11F2N3OS/c15-10-5-8(14(18)21)6-11(16)12(10)19-9-3-1-7(2-4-9)13(17)20/h1-6,19H,(H2,17,20)(H2,18,21). The molecule has 0 aliphatic heterocycles. The number of carbonyl (C=O) groups excluding carboxylic acids is 1. The molecule has 0 unspecified atom stereocenters. The Morgan fingerprint density at radius 3 is 1.95 bits per heavy atom. The second-order valence-electron chi connectivity index (χ2n) is 4.25. The first kappa shape index (κ1) is 14.9. The average Bonchev–Trinajstić information content (AvgIpc) is 2.43. The van der Waals surface area contributed by atoms with Crippen LogP contribution in [0.2, 0.25) is 0 Å². The molecule has 2 aromatic rings. The maximum absolute atomic E-state index is 13.9. The van der Waals surface area contributed by atoms with Crippen LogP contribution >= 0.6 is 12.2 Å². The van der Waals surface area contributed by atoms with E-state index in [1.54, 1.807) is 0 Å². The van der Waals surface area contributed by atoms with E-state index in [0.717, 1.165) is 12.1 Å². The molecule has 0 bridgehead atoms. The molecule has 0 aromatic heterocycles. The zero-order valence-electron chi connectivity index (χ0n) is 10.7. The number of anilines is 2. The minimum absolute atomic E-state index is 0.0924. The minimum atomic E-state index is -0.822. The fourth-order valence-corrected chi connectivity index (χ4v) is 1.81. The number of nitrogens with two attached hydrogens (primary N) is 2. The number of hydrogen-bond donors (Lipinski definition) is 3. The van der Waals surface area contributed by atoms with Gasteiger partial charge < -0.3 is 16.8 Å². The summed E-state index contributed by atoms with van der Waals surface area (Å²) >= 11 is 4.67. The van der Waals surface area contributed by atoms with Crippen molar-refractivity contribution in [3.63, 3.8) is 0 Å². The van der Waals surface area contributed by atoms with Crippen LogP contribution < -0.4 is 16.8 Å². The van der Waals surface area contributed by atoms with E-state index in [9.17, 15) is 13.6 Å². The van der Waals surface area contributed by atoms with Crippen LogP contribution in [0.1, 0.15) is 15.9 Å². The molecule has 0 fully saturated rings. The highest BCUT2D eigenvalue weighted by molar-refractivity contribution is 7.80. The van der Waals surface area contributed by atoms with Crippen molar-refractivity contribution < 1.29 is 13.6 Å². The van der Waals surface area contributed by atoms with Gasteiger partial charge in [-0.3, -0.25) is 4.79 Å². The summed E-state index contributed by atoms with van der Waals surface area (Å²) in [6.45, 7) is 0. The van der Waals surface area contributed by atoms with Gasteiger partial charge in [0.05, 0.1) is 0 Å². The molecule has 7 heteroatoms. The number of primary amides is 1. The molecular weight excluding hydrogens is 296 g/mol. The zero-order chi connectivity index (χ0) is 15.6. The number of nitrogens with one attached hydrogen (secondary N) is 1. The van der Waals surface area contributed by atoms with Gasteiger partial charge in [-0.25, -0.2) is 8.78 Å². The molecule has 0 saturated heterocycles. The monoisotopic (exact) mass is 307 g/mol. The maximum atomic E-state index is 13.9. The first-order valence-electron chi connectivity index (χ1n) is 5.84. The number of hydrogen-bond acceptors (Lipinski definition) is 3. The fraction of sp³-hybridized carbons (Fsp3) is 0. The number of halogens is 2. The summed E-state index contributed by atoms with van der Waals surface area (Å²) < 4.78 is 27.7. The third kappa shape index (κ3) is 3.32. The first-order valence-corrected chi connectivity index (χ1v) is 6.25. The van der Waals surface area contributed by atoms with Crippen LogP contribution in [0, 0.1) is 11.6 Å². The van der Waals surface area contributed by atoms with Gasteiger partial charge in [0.25, 0.3) is 0 Å². The highest BCUT2D eigenvalue weighted by Gasteiger charge is 2.13. The topological polar surface area (TPSA) is 81.1 Å². The molecule has 0 aliphatic carbocycles. The molecule has 0 aliphatic rings. The largest absolute Gasteiger partial charge is 0.389 e. The van der Waals surface area contributed by atoms with Gasteiger partial charge in [0.2, 0.25) is 5.91 Å². The predicted octanol–water partition coefficient (Wildman–Crippen LogP) is 2.44. The molecule has 0 radical (unpaired) electrons. The van der Waals surface area contributed by atoms with Gasteiger partial charge in [0.1, 0.15) is 22.3 Å². The van der Waals surface area contributed by atoms with E-state index in [4.69, 9.17) is 11.5 Å². The van der Waals surface area contributed by atoms with Crippen molar-refractivity contribution >= 4 is 34.5 Å². The molecule has 4 nitrogen and oxygen atoms in total. The van der Waals surface area contributed by atoms with E-state index in [1.165, 1.54) is 24.3 Å². The molecule has 0 heterocycles. The molecule has 2 aromatic carbocycles. The summed E-state index contributed by atoms with van der Waals surface area (Å²) in [5.74, 6) is -2.23. The van der Waals surface area contributed by atoms with E-state index in [2.05, 4.69) is 17.5 Å². The molecule has 0 spiro atoms. The molecule has 0 saturated carbocycles. The van der Waals surface area contributed by atoms with Gasteiger partial charge in [-0.2, -0.15) is 0 Å². The maximum Gasteiger partial charge on any atom is 0.248 e. The van der Waals surface area contributed by atoms with Crippen LogP contribution in [0.4, 0.5) is 20.2 Å². The summed E-state index contributed by atoms with van der Waals surface area (Å²) in [5.41, 5.74) is 10.9. The van der Waals surface area contributed by atoms with Crippen molar-refractivity contribution in [2.75, 3.05) is 5.32 Å². The SMILES string of the molecule is NC(=O)c1ccc(Nc2c(F)cc(C(N)=S)cc2F)cc1. The number of amides is 1.